The third-order valence-corrected chi connectivity index (χ3v) is 2.45. The van der Waals surface area contributed by atoms with Gasteiger partial charge in [-0.05, 0) is 11.8 Å². The van der Waals surface area contributed by atoms with Crippen molar-refractivity contribution >= 4 is 0 Å². The van der Waals surface area contributed by atoms with Crippen LogP contribution in [0.2, 0.25) is 0 Å². The summed E-state index contributed by atoms with van der Waals surface area (Å²) in [5, 5.41) is 17.7. The summed E-state index contributed by atoms with van der Waals surface area (Å²) in [6, 6.07) is 1.98. The summed E-state index contributed by atoms with van der Waals surface area (Å²) < 4.78 is 0. The zero-order valence-corrected chi connectivity index (χ0v) is 7.54. The first kappa shape index (κ1) is 10.4. The molecule has 2 nitrogen and oxygen atoms in total. The summed E-state index contributed by atoms with van der Waals surface area (Å²) in [5.74, 6) is 0.734. The normalized spacial score (nSPS) is 18.5. The highest BCUT2D eigenvalue weighted by Gasteiger charge is 2.18. The van der Waals surface area contributed by atoms with Crippen LogP contribution in [-0.4, -0.2) is 11.2 Å². The number of aliphatic hydroxyl groups excluding tert-OH is 1. The molecule has 1 N–H and O–H groups in total. The van der Waals surface area contributed by atoms with E-state index < -0.39 is 6.10 Å². The highest BCUT2D eigenvalue weighted by molar-refractivity contribution is 4.80. The Morgan fingerprint density at radius 1 is 1.45 bits per heavy atom. The summed E-state index contributed by atoms with van der Waals surface area (Å²) >= 11 is 0. The molecule has 0 aromatic heterocycles. The van der Waals surface area contributed by atoms with Gasteiger partial charge in [0.25, 0.3) is 0 Å². The SMILES string of the molecule is CCC(C)[C@H](C)[C@@H](O)CC#N. The lowest BCUT2D eigenvalue weighted by atomic mass is 9.88. The first-order chi connectivity index (χ1) is 5.13. The van der Waals surface area contributed by atoms with E-state index in [4.69, 9.17) is 5.26 Å². The Bertz CT molecular complexity index is 139. The summed E-state index contributed by atoms with van der Waals surface area (Å²) in [7, 11) is 0. The lowest BCUT2D eigenvalue weighted by molar-refractivity contribution is 0.0900. The van der Waals surface area contributed by atoms with Gasteiger partial charge in [-0.15, -0.1) is 0 Å². The van der Waals surface area contributed by atoms with Crippen molar-refractivity contribution in [3.63, 3.8) is 0 Å². The molecule has 0 aromatic carbocycles. The Morgan fingerprint density at radius 2 is 2.00 bits per heavy atom. The standard InChI is InChI=1S/C9H17NO/c1-4-7(2)8(3)9(11)5-6-10/h7-9,11H,4-5H2,1-3H3/t7?,8-,9-/m0/s1. The molecule has 0 radical (unpaired) electrons. The van der Waals surface area contributed by atoms with E-state index in [0.29, 0.717) is 5.92 Å². The van der Waals surface area contributed by atoms with Gasteiger partial charge in [0, 0.05) is 0 Å². The van der Waals surface area contributed by atoms with Crippen LogP contribution in [0.4, 0.5) is 0 Å². The molecule has 2 heteroatoms. The molecule has 0 aliphatic heterocycles. The van der Waals surface area contributed by atoms with Crippen molar-refractivity contribution in [2.24, 2.45) is 11.8 Å². The van der Waals surface area contributed by atoms with Gasteiger partial charge in [0.2, 0.25) is 0 Å². The molecule has 0 aliphatic carbocycles. The van der Waals surface area contributed by atoms with Gasteiger partial charge in [-0.1, -0.05) is 27.2 Å². The Hall–Kier alpha value is -0.550. The van der Waals surface area contributed by atoms with Crippen LogP contribution in [0.15, 0.2) is 0 Å². The molecule has 11 heavy (non-hydrogen) atoms. The van der Waals surface area contributed by atoms with Gasteiger partial charge in [0.15, 0.2) is 0 Å². The van der Waals surface area contributed by atoms with Crippen LogP contribution in [0, 0.1) is 23.2 Å². The highest BCUT2D eigenvalue weighted by Crippen LogP contribution is 2.19. The number of nitrogens with zero attached hydrogens (tertiary/aromatic N) is 1. The van der Waals surface area contributed by atoms with Crippen LogP contribution >= 0.6 is 0 Å². The van der Waals surface area contributed by atoms with Crippen molar-refractivity contribution in [1.82, 2.24) is 0 Å². The Balaban J connectivity index is 3.82. The summed E-state index contributed by atoms with van der Waals surface area (Å²) in [6.07, 6.45) is 0.866. The van der Waals surface area contributed by atoms with Gasteiger partial charge in [0.05, 0.1) is 18.6 Å². The van der Waals surface area contributed by atoms with Gasteiger partial charge in [-0.3, -0.25) is 0 Å². The van der Waals surface area contributed by atoms with Crippen LogP contribution in [0.1, 0.15) is 33.6 Å². The van der Waals surface area contributed by atoms with E-state index in [0.717, 1.165) is 6.42 Å². The molecule has 0 rings (SSSR count). The van der Waals surface area contributed by atoms with Gasteiger partial charge in [-0.2, -0.15) is 5.26 Å². The average molecular weight is 155 g/mol. The second-order valence-electron chi connectivity index (χ2n) is 3.17. The maximum absolute atomic E-state index is 9.40. The molecule has 64 valence electrons. The highest BCUT2D eigenvalue weighted by atomic mass is 16.3. The minimum atomic E-state index is -0.449. The van der Waals surface area contributed by atoms with Crippen LogP contribution in [-0.2, 0) is 0 Å². The van der Waals surface area contributed by atoms with E-state index in [1.807, 2.05) is 13.0 Å². The average Bonchev–Trinajstić information content (AvgIpc) is 2.02. The summed E-state index contributed by atoms with van der Waals surface area (Å²) in [4.78, 5) is 0. The third kappa shape index (κ3) is 3.38. The molecule has 0 fully saturated rings. The summed E-state index contributed by atoms with van der Waals surface area (Å²) in [6.45, 7) is 6.20. The van der Waals surface area contributed by atoms with E-state index in [1.165, 1.54) is 0 Å². The van der Waals surface area contributed by atoms with E-state index in [-0.39, 0.29) is 12.3 Å². The number of rotatable bonds is 4. The number of hydrogen-bond acceptors (Lipinski definition) is 2. The third-order valence-electron chi connectivity index (χ3n) is 2.45. The van der Waals surface area contributed by atoms with Gasteiger partial charge in [-0.25, -0.2) is 0 Å². The fourth-order valence-electron chi connectivity index (χ4n) is 1.03. The smallest absolute Gasteiger partial charge is 0.0698 e. The van der Waals surface area contributed by atoms with Crippen LogP contribution in [0.3, 0.4) is 0 Å². The topological polar surface area (TPSA) is 44.0 Å². The van der Waals surface area contributed by atoms with Crippen molar-refractivity contribution in [3.8, 4) is 6.07 Å². The molecule has 3 atom stereocenters. The van der Waals surface area contributed by atoms with Crippen molar-refractivity contribution in [3.05, 3.63) is 0 Å². The lowest BCUT2D eigenvalue weighted by Crippen LogP contribution is -2.22. The van der Waals surface area contributed by atoms with E-state index in [2.05, 4.69) is 13.8 Å². The molecule has 0 amide bonds. The second-order valence-corrected chi connectivity index (χ2v) is 3.17. The molecule has 1 unspecified atom stereocenters. The van der Waals surface area contributed by atoms with Crippen LogP contribution in [0.25, 0.3) is 0 Å². The van der Waals surface area contributed by atoms with E-state index >= 15 is 0 Å². The van der Waals surface area contributed by atoms with Gasteiger partial charge in [0.1, 0.15) is 0 Å². The Kier molecular flexibility index (Phi) is 4.89. The van der Waals surface area contributed by atoms with E-state index in [1.54, 1.807) is 0 Å². The van der Waals surface area contributed by atoms with Crippen LogP contribution < -0.4 is 0 Å². The van der Waals surface area contributed by atoms with Crippen LogP contribution in [0.5, 0.6) is 0 Å². The fourth-order valence-corrected chi connectivity index (χ4v) is 1.03. The second kappa shape index (κ2) is 5.15. The minimum Gasteiger partial charge on any atom is -0.392 e. The van der Waals surface area contributed by atoms with Gasteiger partial charge >= 0.3 is 0 Å². The number of hydrogen-bond donors (Lipinski definition) is 1. The molecule has 0 bridgehead atoms. The molecule has 0 heterocycles. The molecule has 0 spiro atoms. The molecule has 0 aliphatic rings. The zero-order chi connectivity index (χ0) is 8.85. The molecule has 0 saturated carbocycles. The monoisotopic (exact) mass is 155 g/mol. The minimum absolute atomic E-state index is 0.236. The molecular formula is C9H17NO. The van der Waals surface area contributed by atoms with Crippen molar-refractivity contribution in [1.29, 1.82) is 5.26 Å². The first-order valence-corrected chi connectivity index (χ1v) is 4.18. The fraction of sp³-hybridized carbons (Fsp3) is 0.889. The largest absolute Gasteiger partial charge is 0.392 e. The van der Waals surface area contributed by atoms with E-state index in [9.17, 15) is 5.11 Å². The predicted molar refractivity (Wildman–Crippen MR) is 44.9 cm³/mol. The van der Waals surface area contributed by atoms with Crippen molar-refractivity contribution in [2.75, 3.05) is 0 Å². The number of nitriles is 1. The van der Waals surface area contributed by atoms with Crippen molar-refractivity contribution in [2.45, 2.75) is 39.7 Å². The maximum Gasteiger partial charge on any atom is 0.0698 e. The maximum atomic E-state index is 9.40. The molecular weight excluding hydrogens is 138 g/mol. The lowest BCUT2D eigenvalue weighted by Gasteiger charge is -2.21. The zero-order valence-electron chi connectivity index (χ0n) is 7.54. The number of aliphatic hydroxyl groups is 1. The molecule has 0 saturated heterocycles. The quantitative estimate of drug-likeness (QED) is 0.674. The predicted octanol–water partition coefficient (Wildman–Crippen LogP) is 1.94. The van der Waals surface area contributed by atoms with Gasteiger partial charge < -0.3 is 5.11 Å². The Morgan fingerprint density at radius 3 is 2.36 bits per heavy atom. The Labute approximate surface area is 68.8 Å². The first-order valence-electron chi connectivity index (χ1n) is 4.18. The summed E-state index contributed by atoms with van der Waals surface area (Å²) in [5.41, 5.74) is 0. The van der Waals surface area contributed by atoms with Crippen molar-refractivity contribution < 1.29 is 5.11 Å². The molecule has 0 aromatic rings.